The molecule has 0 amide bonds. The van der Waals surface area contributed by atoms with E-state index in [-0.39, 0.29) is 0 Å². The maximum atomic E-state index is 7.28. The number of furan rings is 3. The van der Waals surface area contributed by atoms with E-state index in [1.165, 1.54) is 84.4 Å². The van der Waals surface area contributed by atoms with Gasteiger partial charge in [0.25, 0.3) is 0 Å². The van der Waals surface area contributed by atoms with Gasteiger partial charge in [-0.1, -0.05) is 159 Å². The summed E-state index contributed by atoms with van der Waals surface area (Å²) < 4.78 is 21.7. The highest BCUT2D eigenvalue weighted by atomic mass is 16.3. The summed E-state index contributed by atoms with van der Waals surface area (Å²) in [4.78, 5) is 4.85. The third-order valence-corrected chi connectivity index (χ3v) is 16.6. The lowest BCUT2D eigenvalue weighted by molar-refractivity contribution is 0.643. The topological polar surface area (TPSA) is 45.9 Å². The highest BCUT2D eigenvalue weighted by molar-refractivity contribution is 6.26. The molecule has 2 aliphatic carbocycles. The smallest absolute Gasteiger partial charge is 0.159 e. The molecule has 0 spiro atoms. The fourth-order valence-corrected chi connectivity index (χ4v) is 13.2. The number of para-hydroxylation sites is 4. The minimum absolute atomic E-state index is 0.519. The normalized spacial score (nSPS) is 14.7. The summed E-state index contributed by atoms with van der Waals surface area (Å²) in [6, 6.07) is 66.8. The lowest BCUT2D eigenvalue weighted by atomic mass is 9.95. The maximum Gasteiger partial charge on any atom is 0.159 e. The molecule has 2 fully saturated rings. The van der Waals surface area contributed by atoms with Gasteiger partial charge in [-0.05, 0) is 122 Å². The van der Waals surface area contributed by atoms with E-state index in [4.69, 9.17) is 13.3 Å². The quantitative estimate of drug-likeness (QED) is 0.152. The number of hydrogen-bond donors (Lipinski definition) is 0. The van der Waals surface area contributed by atoms with Crippen LogP contribution in [-0.4, -0.2) is 0 Å². The number of anilines is 6. The Labute approximate surface area is 423 Å². The number of rotatable bonds is 8. The number of hydrogen-bond acceptors (Lipinski definition) is 5. The molecule has 2 saturated carbocycles. The van der Waals surface area contributed by atoms with Crippen LogP contribution in [-0.2, 0) is 0 Å². The Morgan fingerprint density at radius 2 is 0.644 bits per heavy atom. The Balaban J connectivity index is 1.01. The maximum absolute atomic E-state index is 7.28. The molecule has 0 aliphatic heterocycles. The van der Waals surface area contributed by atoms with Crippen molar-refractivity contribution in [2.75, 3.05) is 9.80 Å². The minimum Gasteiger partial charge on any atom is -0.455 e. The predicted octanol–water partition coefficient (Wildman–Crippen LogP) is 20.6. The van der Waals surface area contributed by atoms with Crippen LogP contribution in [0.15, 0.2) is 195 Å². The predicted molar refractivity (Wildman–Crippen MR) is 305 cm³/mol. The van der Waals surface area contributed by atoms with E-state index in [0.717, 1.165) is 111 Å². The fraction of sp³-hybridized carbons (Fsp3) is 0.176. The number of aryl methyl sites for hydroxylation is 2. The first-order valence-electron chi connectivity index (χ1n) is 26.5. The van der Waals surface area contributed by atoms with Crippen LogP contribution in [0.1, 0.15) is 85.5 Å². The van der Waals surface area contributed by atoms with Crippen LogP contribution in [0.3, 0.4) is 0 Å². The second-order valence-electron chi connectivity index (χ2n) is 21.0. The Bertz CT molecular complexity index is 4070. The molecular formula is C68H54N2O3. The van der Waals surface area contributed by atoms with Gasteiger partial charge in [-0.2, -0.15) is 0 Å². The molecule has 0 atom stereocenters. The first-order chi connectivity index (χ1) is 36.0. The molecule has 0 N–H and O–H groups in total. The molecule has 3 aromatic heterocycles. The largest absolute Gasteiger partial charge is 0.455 e. The van der Waals surface area contributed by atoms with Crippen molar-refractivity contribution in [3.05, 3.63) is 204 Å². The van der Waals surface area contributed by atoms with Crippen molar-refractivity contribution in [1.82, 2.24) is 0 Å². The van der Waals surface area contributed by atoms with Crippen LogP contribution < -0.4 is 9.80 Å². The zero-order valence-electron chi connectivity index (χ0n) is 41.3. The van der Waals surface area contributed by atoms with Crippen molar-refractivity contribution >= 4 is 121 Å². The summed E-state index contributed by atoms with van der Waals surface area (Å²) >= 11 is 0. The van der Waals surface area contributed by atoms with Crippen molar-refractivity contribution in [2.45, 2.75) is 77.0 Å². The molecule has 0 unspecified atom stereocenters. The van der Waals surface area contributed by atoms with Gasteiger partial charge in [-0.3, -0.25) is 0 Å². The van der Waals surface area contributed by atoms with E-state index < -0.39 is 0 Å². The van der Waals surface area contributed by atoms with Crippen LogP contribution in [0.2, 0.25) is 0 Å². The van der Waals surface area contributed by atoms with E-state index in [2.05, 4.69) is 206 Å². The van der Waals surface area contributed by atoms with Gasteiger partial charge in [0.2, 0.25) is 0 Å². The van der Waals surface area contributed by atoms with E-state index in [1.807, 2.05) is 0 Å². The summed E-state index contributed by atoms with van der Waals surface area (Å²) in [5.74, 6) is 1.04. The second-order valence-corrected chi connectivity index (χ2v) is 21.0. The monoisotopic (exact) mass is 946 g/mol. The first-order valence-corrected chi connectivity index (χ1v) is 26.5. The summed E-state index contributed by atoms with van der Waals surface area (Å²) in [5.41, 5.74) is 16.8. The second kappa shape index (κ2) is 16.6. The Morgan fingerprint density at radius 1 is 0.301 bits per heavy atom. The number of benzene rings is 10. The summed E-state index contributed by atoms with van der Waals surface area (Å²) in [6.07, 6.45) is 9.91. The third-order valence-electron chi connectivity index (χ3n) is 16.6. The SMILES string of the molecule is Cc1cccc(N(c2cc3c4cc(N(c5cccc(C)c5)c5cccc6c5oc5c(C7CCCC7)cccc56)c5ccccc5c4oc3c3ccccc23)c2cccc3c2oc2c(C4CCCC4)cccc23)c1. The van der Waals surface area contributed by atoms with Crippen LogP contribution in [0.25, 0.3) is 87.4 Å². The van der Waals surface area contributed by atoms with Crippen LogP contribution in [0, 0.1) is 13.8 Å². The standard InChI is InChI=1S/C68H54N2O3/c1-41-17-11-23-45(37-41)69(59-35-15-33-55-53-31-13-29-47(43-19-3-4-20-43)63(53)72-67(55)59)61-39-57-58-40-62(50-26-8-10-28-52(50)66(58)71-65(57)51-27-9-7-25-49(51)61)70(46-24-12-18-42(2)38-46)60-36-16-34-56-54-32-14-30-48(44-21-5-6-22-44)64(54)73-68(56)60/h7-18,23-40,43-44H,3-6,19-22H2,1-2H3. The Hall–Kier alpha value is -8.28. The molecule has 10 aromatic carbocycles. The molecule has 3 heterocycles. The van der Waals surface area contributed by atoms with E-state index >= 15 is 0 Å². The highest BCUT2D eigenvalue weighted by Gasteiger charge is 2.29. The van der Waals surface area contributed by atoms with Crippen molar-refractivity contribution in [2.24, 2.45) is 0 Å². The molecule has 0 radical (unpaired) electrons. The van der Waals surface area contributed by atoms with E-state index in [0.29, 0.717) is 11.8 Å². The highest BCUT2D eigenvalue weighted by Crippen LogP contribution is 2.52. The molecule has 5 nitrogen and oxygen atoms in total. The number of nitrogens with zero attached hydrogens (tertiary/aromatic N) is 2. The van der Waals surface area contributed by atoms with Gasteiger partial charge >= 0.3 is 0 Å². The van der Waals surface area contributed by atoms with Crippen LogP contribution in [0.4, 0.5) is 34.1 Å². The third kappa shape index (κ3) is 6.60. The van der Waals surface area contributed by atoms with Crippen molar-refractivity contribution < 1.29 is 13.3 Å². The fourth-order valence-electron chi connectivity index (χ4n) is 13.2. The number of fused-ring (bicyclic) bond motifs is 13. The van der Waals surface area contributed by atoms with Crippen LogP contribution >= 0.6 is 0 Å². The molecule has 13 aromatic rings. The lowest BCUT2D eigenvalue weighted by Gasteiger charge is -2.28. The van der Waals surface area contributed by atoms with E-state index in [1.54, 1.807) is 0 Å². The van der Waals surface area contributed by atoms with Gasteiger partial charge in [0.1, 0.15) is 22.3 Å². The van der Waals surface area contributed by atoms with E-state index in [9.17, 15) is 0 Å². The van der Waals surface area contributed by atoms with Gasteiger partial charge in [0, 0.05) is 65.2 Å². The van der Waals surface area contributed by atoms with Gasteiger partial charge < -0.3 is 23.1 Å². The Kier molecular flexibility index (Phi) is 9.67. The Morgan fingerprint density at radius 3 is 1.07 bits per heavy atom. The van der Waals surface area contributed by atoms with Crippen molar-refractivity contribution in [3.63, 3.8) is 0 Å². The lowest BCUT2D eigenvalue weighted by Crippen LogP contribution is -2.11. The van der Waals surface area contributed by atoms with Gasteiger partial charge in [0.05, 0.1) is 22.7 Å². The molecule has 2 aliphatic rings. The summed E-state index contributed by atoms with van der Waals surface area (Å²) in [7, 11) is 0. The summed E-state index contributed by atoms with van der Waals surface area (Å²) in [5, 5.41) is 11.0. The molecule has 73 heavy (non-hydrogen) atoms. The zero-order chi connectivity index (χ0) is 48.3. The zero-order valence-corrected chi connectivity index (χ0v) is 41.3. The molecule has 354 valence electrons. The molecule has 5 heteroatoms. The van der Waals surface area contributed by atoms with Crippen molar-refractivity contribution in [1.29, 1.82) is 0 Å². The van der Waals surface area contributed by atoms with Gasteiger partial charge in [-0.15, -0.1) is 0 Å². The van der Waals surface area contributed by atoms with Gasteiger partial charge in [0.15, 0.2) is 11.2 Å². The molecule has 0 saturated heterocycles. The van der Waals surface area contributed by atoms with Gasteiger partial charge in [-0.25, -0.2) is 0 Å². The minimum atomic E-state index is 0.519. The average molecular weight is 947 g/mol. The molecular weight excluding hydrogens is 893 g/mol. The molecule has 0 bridgehead atoms. The molecule has 15 rings (SSSR count). The average Bonchev–Trinajstić information content (AvgIpc) is 4.30. The summed E-state index contributed by atoms with van der Waals surface area (Å²) in [6.45, 7) is 4.35. The first kappa shape index (κ1) is 42.4. The van der Waals surface area contributed by atoms with Crippen LogP contribution in [0.5, 0.6) is 0 Å². The van der Waals surface area contributed by atoms with Crippen molar-refractivity contribution in [3.8, 4) is 0 Å².